The lowest BCUT2D eigenvalue weighted by Crippen LogP contribution is -2.29. The molecule has 0 spiro atoms. The lowest BCUT2D eigenvalue weighted by molar-refractivity contribution is 0.264. The third kappa shape index (κ3) is 3.59. The van der Waals surface area contributed by atoms with Crippen LogP contribution in [0.1, 0.15) is 31.9 Å². The van der Waals surface area contributed by atoms with E-state index in [4.69, 9.17) is 5.11 Å². The van der Waals surface area contributed by atoms with Crippen molar-refractivity contribution in [3.05, 3.63) is 36.2 Å². The number of rotatable bonds is 6. The summed E-state index contributed by atoms with van der Waals surface area (Å²) >= 11 is 0. The standard InChI is InChI=1S/C13H19N5O/c1-10(7-8-19)15-11(2)12-3-5-13(6-4-12)18-9-14-16-17-18/h3-6,9-11,15,19H,7-8H2,1-2H3/t10-,11?/m1/s1. The van der Waals surface area contributed by atoms with Crippen LogP contribution in [0.3, 0.4) is 0 Å². The van der Waals surface area contributed by atoms with Gasteiger partial charge in [-0.1, -0.05) is 12.1 Å². The van der Waals surface area contributed by atoms with Gasteiger partial charge in [0.15, 0.2) is 0 Å². The van der Waals surface area contributed by atoms with Crippen LogP contribution < -0.4 is 5.32 Å². The molecule has 2 atom stereocenters. The van der Waals surface area contributed by atoms with E-state index in [1.807, 2.05) is 12.1 Å². The number of hydrogen-bond acceptors (Lipinski definition) is 5. The Labute approximate surface area is 112 Å². The van der Waals surface area contributed by atoms with E-state index in [0.29, 0.717) is 6.04 Å². The summed E-state index contributed by atoms with van der Waals surface area (Å²) < 4.78 is 1.62. The molecule has 0 radical (unpaired) electrons. The van der Waals surface area contributed by atoms with Gasteiger partial charge < -0.3 is 10.4 Å². The van der Waals surface area contributed by atoms with E-state index in [1.165, 1.54) is 5.56 Å². The van der Waals surface area contributed by atoms with Gasteiger partial charge in [-0.2, -0.15) is 0 Å². The smallest absolute Gasteiger partial charge is 0.143 e. The monoisotopic (exact) mass is 261 g/mol. The largest absolute Gasteiger partial charge is 0.396 e. The van der Waals surface area contributed by atoms with Crippen LogP contribution in [0.4, 0.5) is 0 Å². The van der Waals surface area contributed by atoms with E-state index >= 15 is 0 Å². The molecule has 0 aliphatic heterocycles. The molecule has 0 aliphatic rings. The van der Waals surface area contributed by atoms with Crippen LogP contribution in [0.5, 0.6) is 0 Å². The second-order valence-electron chi connectivity index (χ2n) is 4.65. The van der Waals surface area contributed by atoms with Gasteiger partial charge in [-0.3, -0.25) is 0 Å². The minimum Gasteiger partial charge on any atom is -0.396 e. The Bertz CT molecular complexity index is 482. The quantitative estimate of drug-likeness (QED) is 0.814. The third-order valence-corrected chi connectivity index (χ3v) is 3.10. The van der Waals surface area contributed by atoms with Crippen molar-refractivity contribution in [3.8, 4) is 5.69 Å². The maximum atomic E-state index is 8.90. The molecular weight excluding hydrogens is 242 g/mol. The number of hydrogen-bond donors (Lipinski definition) is 2. The first kappa shape index (κ1) is 13.6. The van der Waals surface area contributed by atoms with E-state index in [9.17, 15) is 0 Å². The van der Waals surface area contributed by atoms with Crippen molar-refractivity contribution in [2.24, 2.45) is 0 Å². The number of aliphatic hydroxyl groups is 1. The molecule has 0 bridgehead atoms. The van der Waals surface area contributed by atoms with Gasteiger partial charge in [0.2, 0.25) is 0 Å². The summed E-state index contributed by atoms with van der Waals surface area (Å²) in [5.41, 5.74) is 2.13. The topological polar surface area (TPSA) is 75.9 Å². The molecule has 2 aromatic rings. The Balaban J connectivity index is 2.02. The summed E-state index contributed by atoms with van der Waals surface area (Å²) in [6.45, 7) is 4.39. The number of aromatic nitrogens is 4. The first-order valence-electron chi connectivity index (χ1n) is 6.41. The minimum atomic E-state index is 0.207. The Hall–Kier alpha value is -1.79. The lowest BCUT2D eigenvalue weighted by atomic mass is 10.1. The van der Waals surface area contributed by atoms with E-state index < -0.39 is 0 Å². The Morgan fingerprint density at radius 2 is 2.00 bits per heavy atom. The highest BCUT2D eigenvalue weighted by Gasteiger charge is 2.09. The molecule has 2 rings (SSSR count). The maximum absolute atomic E-state index is 8.90. The van der Waals surface area contributed by atoms with Crippen LogP contribution in [0.25, 0.3) is 5.69 Å². The molecular formula is C13H19N5O. The molecule has 102 valence electrons. The van der Waals surface area contributed by atoms with Crippen LogP contribution >= 0.6 is 0 Å². The maximum Gasteiger partial charge on any atom is 0.143 e. The van der Waals surface area contributed by atoms with Gasteiger partial charge in [0, 0.05) is 18.7 Å². The van der Waals surface area contributed by atoms with E-state index in [0.717, 1.165) is 12.1 Å². The number of nitrogens with one attached hydrogen (secondary N) is 1. The van der Waals surface area contributed by atoms with Crippen LogP contribution in [0, 0.1) is 0 Å². The summed E-state index contributed by atoms with van der Waals surface area (Å²) in [6, 6.07) is 8.62. The summed E-state index contributed by atoms with van der Waals surface area (Å²) in [5.74, 6) is 0. The van der Waals surface area contributed by atoms with Crippen molar-refractivity contribution in [2.45, 2.75) is 32.4 Å². The van der Waals surface area contributed by atoms with E-state index in [-0.39, 0.29) is 12.6 Å². The second-order valence-corrected chi connectivity index (χ2v) is 4.65. The highest BCUT2D eigenvalue weighted by molar-refractivity contribution is 5.34. The molecule has 0 fully saturated rings. The zero-order valence-electron chi connectivity index (χ0n) is 11.2. The zero-order valence-corrected chi connectivity index (χ0v) is 11.2. The molecule has 1 unspecified atom stereocenters. The summed E-state index contributed by atoms with van der Waals surface area (Å²) in [5, 5.41) is 23.4. The lowest BCUT2D eigenvalue weighted by Gasteiger charge is -2.19. The summed E-state index contributed by atoms with van der Waals surface area (Å²) in [6.07, 6.45) is 2.33. The fourth-order valence-corrected chi connectivity index (χ4v) is 2.00. The molecule has 0 saturated heterocycles. The average molecular weight is 261 g/mol. The normalized spacial score (nSPS) is 14.3. The molecule has 1 aromatic carbocycles. The average Bonchev–Trinajstić information content (AvgIpc) is 2.93. The van der Waals surface area contributed by atoms with Gasteiger partial charge in [0.25, 0.3) is 0 Å². The Morgan fingerprint density at radius 1 is 1.26 bits per heavy atom. The van der Waals surface area contributed by atoms with Gasteiger partial charge in [-0.05, 0) is 48.4 Å². The van der Waals surface area contributed by atoms with Crippen molar-refractivity contribution >= 4 is 0 Å². The van der Waals surface area contributed by atoms with Crippen molar-refractivity contribution in [1.82, 2.24) is 25.5 Å². The molecule has 0 aliphatic carbocycles. The molecule has 1 heterocycles. The molecule has 19 heavy (non-hydrogen) atoms. The van der Waals surface area contributed by atoms with Crippen molar-refractivity contribution in [2.75, 3.05) is 6.61 Å². The molecule has 1 aromatic heterocycles. The fraction of sp³-hybridized carbons (Fsp3) is 0.462. The SMILES string of the molecule is CC(N[C@H](C)CCO)c1ccc(-n2cnnn2)cc1. The van der Waals surface area contributed by atoms with E-state index in [2.05, 4.69) is 46.8 Å². The summed E-state index contributed by atoms with van der Waals surface area (Å²) in [7, 11) is 0. The fourth-order valence-electron chi connectivity index (χ4n) is 2.00. The van der Waals surface area contributed by atoms with Crippen LogP contribution in [-0.4, -0.2) is 38.0 Å². The number of benzene rings is 1. The van der Waals surface area contributed by atoms with Gasteiger partial charge >= 0.3 is 0 Å². The first-order chi connectivity index (χ1) is 9.20. The first-order valence-corrected chi connectivity index (χ1v) is 6.41. The van der Waals surface area contributed by atoms with Crippen LogP contribution in [0.2, 0.25) is 0 Å². The van der Waals surface area contributed by atoms with Crippen LogP contribution in [-0.2, 0) is 0 Å². The number of aliphatic hydroxyl groups excluding tert-OH is 1. The zero-order chi connectivity index (χ0) is 13.7. The molecule has 0 amide bonds. The Morgan fingerprint density at radius 3 is 2.58 bits per heavy atom. The van der Waals surface area contributed by atoms with E-state index in [1.54, 1.807) is 11.0 Å². The number of tetrazole rings is 1. The van der Waals surface area contributed by atoms with Gasteiger partial charge in [-0.15, -0.1) is 5.10 Å². The minimum absolute atomic E-state index is 0.207. The summed E-state index contributed by atoms with van der Waals surface area (Å²) in [4.78, 5) is 0. The van der Waals surface area contributed by atoms with Gasteiger partial charge in [0.05, 0.1) is 5.69 Å². The molecule has 0 saturated carbocycles. The van der Waals surface area contributed by atoms with Crippen LogP contribution in [0.15, 0.2) is 30.6 Å². The predicted molar refractivity (Wildman–Crippen MR) is 71.9 cm³/mol. The van der Waals surface area contributed by atoms with Gasteiger partial charge in [-0.25, -0.2) is 4.68 Å². The molecule has 6 nitrogen and oxygen atoms in total. The molecule has 2 N–H and O–H groups in total. The highest BCUT2D eigenvalue weighted by atomic mass is 16.3. The highest BCUT2D eigenvalue weighted by Crippen LogP contribution is 2.15. The van der Waals surface area contributed by atoms with Crippen molar-refractivity contribution < 1.29 is 5.11 Å². The van der Waals surface area contributed by atoms with Crippen molar-refractivity contribution in [3.63, 3.8) is 0 Å². The Kier molecular flexibility index (Phi) is 4.59. The second kappa shape index (κ2) is 6.40. The molecule has 6 heteroatoms. The van der Waals surface area contributed by atoms with Gasteiger partial charge in [0.1, 0.15) is 6.33 Å². The predicted octanol–water partition coefficient (Wildman–Crippen LogP) is 1.08. The third-order valence-electron chi connectivity index (χ3n) is 3.10. The van der Waals surface area contributed by atoms with Crippen molar-refractivity contribution in [1.29, 1.82) is 0 Å². The number of nitrogens with zero attached hydrogens (tertiary/aromatic N) is 4.